The number of hydrogen-bond donors (Lipinski definition) is 1. The molecule has 0 unspecified atom stereocenters. The molecule has 7 heteroatoms. The molecule has 0 saturated carbocycles. The van der Waals surface area contributed by atoms with Gasteiger partial charge in [0.2, 0.25) is 5.88 Å². The van der Waals surface area contributed by atoms with Gasteiger partial charge in [0.15, 0.2) is 0 Å². The van der Waals surface area contributed by atoms with Crippen LogP contribution in [0.15, 0.2) is 55.1 Å². The lowest BCUT2D eigenvalue weighted by Crippen LogP contribution is -2.43. The summed E-state index contributed by atoms with van der Waals surface area (Å²) in [5.41, 5.74) is 3.47. The minimum atomic E-state index is -0.285. The van der Waals surface area contributed by atoms with Gasteiger partial charge in [0, 0.05) is 24.4 Å². The summed E-state index contributed by atoms with van der Waals surface area (Å²) < 4.78 is 11.4. The lowest BCUT2D eigenvalue weighted by molar-refractivity contribution is 0.0909. The number of amides is 1. The molecule has 1 amide bonds. The molecule has 7 nitrogen and oxygen atoms in total. The van der Waals surface area contributed by atoms with E-state index in [2.05, 4.69) is 26.3 Å². The van der Waals surface area contributed by atoms with E-state index in [0.29, 0.717) is 18.9 Å². The molecule has 1 aromatic carbocycles. The van der Waals surface area contributed by atoms with E-state index < -0.39 is 0 Å². The number of fused-ring (bicyclic) bond motifs is 1. The molecule has 0 fully saturated rings. The molecule has 4 rings (SSSR count). The molecule has 0 radical (unpaired) electrons. The Morgan fingerprint density at radius 2 is 2.00 bits per heavy atom. The highest BCUT2D eigenvalue weighted by Gasteiger charge is 2.25. The van der Waals surface area contributed by atoms with E-state index in [9.17, 15) is 4.79 Å². The number of pyridine rings is 1. The van der Waals surface area contributed by atoms with Crippen LogP contribution in [0.3, 0.4) is 0 Å². The number of aromatic nitrogens is 3. The molecule has 2 aromatic heterocycles. The van der Waals surface area contributed by atoms with Crippen molar-refractivity contribution >= 4 is 5.91 Å². The lowest BCUT2D eigenvalue weighted by Gasteiger charge is -2.27. The third-order valence-electron chi connectivity index (χ3n) is 4.57. The number of benzene rings is 1. The van der Waals surface area contributed by atoms with Crippen molar-refractivity contribution < 1.29 is 14.3 Å². The first kappa shape index (κ1) is 18.9. The van der Waals surface area contributed by atoms with Crippen molar-refractivity contribution in [3.8, 4) is 22.8 Å². The van der Waals surface area contributed by atoms with Gasteiger partial charge in [0.05, 0.1) is 24.5 Å². The molecule has 0 bridgehead atoms. The van der Waals surface area contributed by atoms with Gasteiger partial charge in [0.1, 0.15) is 18.1 Å². The highest BCUT2D eigenvalue weighted by Crippen LogP contribution is 2.34. The number of ether oxygens (including phenoxy) is 2. The molecular formula is C22H22N4O3. The third-order valence-corrected chi connectivity index (χ3v) is 4.57. The molecular weight excluding hydrogens is 368 g/mol. The molecule has 1 atom stereocenters. The zero-order valence-electron chi connectivity index (χ0n) is 16.3. The van der Waals surface area contributed by atoms with Crippen LogP contribution in [-0.2, 0) is 6.42 Å². The van der Waals surface area contributed by atoms with Crippen LogP contribution < -0.4 is 14.8 Å². The van der Waals surface area contributed by atoms with Crippen molar-refractivity contribution in [1.82, 2.24) is 20.3 Å². The SMILES string of the molecule is CC(C)Oc1cnc(C(=O)N[C@@H]2COc3cccc(-c4ccncc4)c3C2)cn1. The van der Waals surface area contributed by atoms with Gasteiger partial charge < -0.3 is 14.8 Å². The number of rotatable bonds is 5. The van der Waals surface area contributed by atoms with Crippen molar-refractivity contribution in [3.63, 3.8) is 0 Å². The minimum Gasteiger partial charge on any atom is -0.491 e. The second kappa shape index (κ2) is 8.26. The van der Waals surface area contributed by atoms with Crippen LogP contribution in [0.4, 0.5) is 0 Å². The number of nitrogens with zero attached hydrogens (tertiary/aromatic N) is 3. The Morgan fingerprint density at radius 3 is 2.72 bits per heavy atom. The molecule has 148 valence electrons. The Bertz CT molecular complexity index is 991. The van der Waals surface area contributed by atoms with E-state index in [1.165, 1.54) is 12.4 Å². The molecule has 0 saturated heterocycles. The van der Waals surface area contributed by atoms with Crippen molar-refractivity contribution in [2.45, 2.75) is 32.4 Å². The largest absolute Gasteiger partial charge is 0.491 e. The van der Waals surface area contributed by atoms with E-state index in [1.807, 2.05) is 38.1 Å². The van der Waals surface area contributed by atoms with Gasteiger partial charge in [-0.15, -0.1) is 0 Å². The van der Waals surface area contributed by atoms with Crippen molar-refractivity contribution in [2.75, 3.05) is 6.61 Å². The smallest absolute Gasteiger partial charge is 0.271 e. The van der Waals surface area contributed by atoms with Gasteiger partial charge in [-0.25, -0.2) is 9.97 Å². The number of nitrogens with one attached hydrogen (secondary N) is 1. The minimum absolute atomic E-state index is 0.00183. The van der Waals surface area contributed by atoms with E-state index >= 15 is 0 Å². The fourth-order valence-corrected chi connectivity index (χ4v) is 3.30. The first-order valence-electron chi connectivity index (χ1n) is 9.55. The number of carbonyl (C=O) groups is 1. The van der Waals surface area contributed by atoms with Crippen LogP contribution >= 0.6 is 0 Å². The Morgan fingerprint density at radius 1 is 1.17 bits per heavy atom. The van der Waals surface area contributed by atoms with Crippen molar-refractivity contribution in [3.05, 3.63) is 66.4 Å². The Labute approximate surface area is 169 Å². The van der Waals surface area contributed by atoms with Crippen LogP contribution in [0.5, 0.6) is 11.6 Å². The molecule has 29 heavy (non-hydrogen) atoms. The van der Waals surface area contributed by atoms with E-state index in [4.69, 9.17) is 9.47 Å². The van der Waals surface area contributed by atoms with Gasteiger partial charge in [-0.1, -0.05) is 12.1 Å². The first-order valence-corrected chi connectivity index (χ1v) is 9.55. The second-order valence-corrected chi connectivity index (χ2v) is 7.11. The molecule has 3 heterocycles. The highest BCUT2D eigenvalue weighted by molar-refractivity contribution is 5.92. The molecule has 0 spiro atoms. The predicted molar refractivity (Wildman–Crippen MR) is 108 cm³/mol. The van der Waals surface area contributed by atoms with Gasteiger partial charge in [-0.2, -0.15) is 0 Å². The maximum absolute atomic E-state index is 12.6. The van der Waals surface area contributed by atoms with Crippen LogP contribution in [0.25, 0.3) is 11.1 Å². The summed E-state index contributed by atoms with van der Waals surface area (Å²) in [6.07, 6.45) is 7.09. The maximum atomic E-state index is 12.6. The lowest BCUT2D eigenvalue weighted by atomic mass is 9.93. The number of hydrogen-bond acceptors (Lipinski definition) is 6. The average Bonchev–Trinajstić information content (AvgIpc) is 2.74. The Kier molecular flexibility index (Phi) is 5.37. The topological polar surface area (TPSA) is 86.2 Å². The summed E-state index contributed by atoms with van der Waals surface area (Å²) in [6, 6.07) is 9.76. The van der Waals surface area contributed by atoms with Crippen LogP contribution in [0.2, 0.25) is 0 Å². The van der Waals surface area contributed by atoms with Gasteiger partial charge in [-0.3, -0.25) is 9.78 Å². The summed E-state index contributed by atoms with van der Waals surface area (Å²) >= 11 is 0. The molecule has 1 N–H and O–H groups in total. The number of carbonyl (C=O) groups excluding carboxylic acids is 1. The fourth-order valence-electron chi connectivity index (χ4n) is 3.30. The summed E-state index contributed by atoms with van der Waals surface area (Å²) in [7, 11) is 0. The average molecular weight is 390 g/mol. The third kappa shape index (κ3) is 4.34. The summed E-state index contributed by atoms with van der Waals surface area (Å²) in [4.78, 5) is 25.0. The van der Waals surface area contributed by atoms with Crippen LogP contribution in [0.1, 0.15) is 29.9 Å². The monoisotopic (exact) mass is 390 g/mol. The Balaban J connectivity index is 1.48. The zero-order chi connectivity index (χ0) is 20.2. The van der Waals surface area contributed by atoms with Crippen LogP contribution in [-0.4, -0.2) is 39.6 Å². The predicted octanol–water partition coefficient (Wildman–Crippen LogP) is 3.06. The van der Waals surface area contributed by atoms with Gasteiger partial charge >= 0.3 is 0 Å². The van der Waals surface area contributed by atoms with Crippen molar-refractivity contribution in [1.29, 1.82) is 0 Å². The van der Waals surface area contributed by atoms with Crippen LogP contribution in [0, 0.1) is 0 Å². The fraction of sp³-hybridized carbons (Fsp3) is 0.273. The van der Waals surface area contributed by atoms with E-state index in [1.54, 1.807) is 12.4 Å². The maximum Gasteiger partial charge on any atom is 0.271 e. The first-order chi connectivity index (χ1) is 14.1. The molecule has 1 aliphatic heterocycles. The standard InChI is InChI=1S/C22H22N4O3/c1-14(2)29-21-12-24-19(11-25-21)22(27)26-16-10-18-17(15-6-8-23-9-7-15)4-3-5-20(18)28-13-16/h3-9,11-12,14,16H,10,13H2,1-2H3,(H,26,27)/t16-/m0/s1. The zero-order valence-corrected chi connectivity index (χ0v) is 16.3. The Hall–Kier alpha value is -3.48. The second-order valence-electron chi connectivity index (χ2n) is 7.11. The van der Waals surface area contributed by atoms with Crippen molar-refractivity contribution in [2.24, 2.45) is 0 Å². The molecule has 1 aliphatic rings. The van der Waals surface area contributed by atoms with E-state index in [0.717, 1.165) is 22.4 Å². The van der Waals surface area contributed by atoms with E-state index in [-0.39, 0.29) is 23.7 Å². The summed E-state index contributed by atoms with van der Waals surface area (Å²) in [5.74, 6) is 0.959. The summed E-state index contributed by atoms with van der Waals surface area (Å²) in [6.45, 7) is 4.22. The quantitative estimate of drug-likeness (QED) is 0.721. The van der Waals surface area contributed by atoms with Gasteiger partial charge in [0.25, 0.3) is 5.91 Å². The highest BCUT2D eigenvalue weighted by atomic mass is 16.5. The van der Waals surface area contributed by atoms with Gasteiger partial charge in [-0.05, 0) is 43.2 Å². The summed E-state index contributed by atoms with van der Waals surface area (Å²) in [5, 5.41) is 3.00. The molecule has 3 aromatic rings. The molecule has 0 aliphatic carbocycles. The normalized spacial score (nSPS) is 15.3.